The van der Waals surface area contributed by atoms with Gasteiger partial charge in [0.25, 0.3) is 5.91 Å². The molecule has 0 aliphatic heterocycles. The molecule has 0 spiro atoms. The van der Waals surface area contributed by atoms with E-state index in [0.29, 0.717) is 6.54 Å². The number of nitrogens with one attached hydrogen (secondary N) is 1. The van der Waals surface area contributed by atoms with Crippen LogP contribution in [0.5, 0.6) is 0 Å². The summed E-state index contributed by atoms with van der Waals surface area (Å²) in [7, 11) is 0. The molecular formula is C20H19NOS2. The molecule has 0 aliphatic rings. The fourth-order valence-corrected chi connectivity index (χ4v) is 3.83. The highest BCUT2D eigenvalue weighted by Gasteiger charge is 2.13. The third-order valence-corrected chi connectivity index (χ3v) is 5.35. The van der Waals surface area contributed by atoms with Gasteiger partial charge in [-0.3, -0.25) is 4.79 Å². The lowest BCUT2D eigenvalue weighted by atomic mass is 10.1. The second-order valence-electron chi connectivity index (χ2n) is 5.40. The molecule has 0 saturated heterocycles. The molecule has 4 heteroatoms. The zero-order valence-electron chi connectivity index (χ0n) is 13.3. The van der Waals surface area contributed by atoms with Crippen LogP contribution in [0.15, 0.2) is 65.4 Å². The zero-order chi connectivity index (χ0) is 16.6. The van der Waals surface area contributed by atoms with Crippen LogP contribution in [0.25, 0.3) is 11.6 Å². The van der Waals surface area contributed by atoms with E-state index in [1.165, 1.54) is 5.56 Å². The van der Waals surface area contributed by atoms with Gasteiger partial charge in [-0.1, -0.05) is 42.5 Å². The maximum absolute atomic E-state index is 12.6. The molecule has 1 aromatic carbocycles. The summed E-state index contributed by atoms with van der Waals surface area (Å²) in [6.07, 6.45) is 3.89. The molecule has 122 valence electrons. The lowest BCUT2D eigenvalue weighted by Crippen LogP contribution is -2.25. The Balaban J connectivity index is 1.60. The molecule has 3 aromatic rings. The van der Waals surface area contributed by atoms with Gasteiger partial charge in [-0.05, 0) is 47.4 Å². The molecular weight excluding hydrogens is 334 g/mol. The number of rotatable bonds is 7. The van der Waals surface area contributed by atoms with Crippen LogP contribution in [0.1, 0.15) is 21.7 Å². The Bertz CT molecular complexity index is 774. The highest BCUT2D eigenvalue weighted by molar-refractivity contribution is 7.12. The van der Waals surface area contributed by atoms with Crippen LogP contribution in [0.3, 0.4) is 0 Å². The lowest BCUT2D eigenvalue weighted by molar-refractivity contribution is -0.115. The Hall–Kier alpha value is -2.17. The Kier molecular flexibility index (Phi) is 5.99. The first-order valence-electron chi connectivity index (χ1n) is 7.94. The van der Waals surface area contributed by atoms with E-state index in [9.17, 15) is 4.79 Å². The van der Waals surface area contributed by atoms with Gasteiger partial charge >= 0.3 is 0 Å². The van der Waals surface area contributed by atoms with Crippen molar-refractivity contribution < 1.29 is 4.79 Å². The van der Waals surface area contributed by atoms with Crippen molar-refractivity contribution in [2.45, 2.75) is 12.8 Å². The Labute approximate surface area is 150 Å². The molecule has 2 nitrogen and oxygen atoms in total. The van der Waals surface area contributed by atoms with Gasteiger partial charge in [0, 0.05) is 16.3 Å². The predicted octanol–water partition coefficient (Wildman–Crippen LogP) is 5.10. The van der Waals surface area contributed by atoms with Gasteiger partial charge in [-0.25, -0.2) is 0 Å². The van der Waals surface area contributed by atoms with Crippen molar-refractivity contribution in [3.8, 4) is 0 Å². The fourth-order valence-electron chi connectivity index (χ4n) is 2.43. The summed E-state index contributed by atoms with van der Waals surface area (Å²) >= 11 is 3.23. The number of thiophene rings is 2. The number of aryl methyl sites for hydroxylation is 1. The predicted molar refractivity (Wildman–Crippen MR) is 104 cm³/mol. The van der Waals surface area contributed by atoms with Gasteiger partial charge in [-0.2, -0.15) is 0 Å². The molecule has 2 heterocycles. The van der Waals surface area contributed by atoms with Crippen molar-refractivity contribution >= 4 is 40.2 Å². The van der Waals surface area contributed by atoms with Crippen molar-refractivity contribution in [3.63, 3.8) is 0 Å². The summed E-state index contributed by atoms with van der Waals surface area (Å²) in [5, 5.41) is 7.08. The minimum Gasteiger partial charge on any atom is -0.352 e. The van der Waals surface area contributed by atoms with E-state index in [1.54, 1.807) is 22.7 Å². The topological polar surface area (TPSA) is 29.1 Å². The van der Waals surface area contributed by atoms with Crippen LogP contribution in [0.4, 0.5) is 0 Å². The monoisotopic (exact) mass is 353 g/mol. The number of hydrogen-bond donors (Lipinski definition) is 1. The molecule has 0 unspecified atom stereocenters. The van der Waals surface area contributed by atoms with E-state index in [0.717, 1.165) is 28.2 Å². The number of amides is 1. The molecule has 3 rings (SSSR count). The Morgan fingerprint density at radius 2 is 1.75 bits per heavy atom. The smallest absolute Gasteiger partial charge is 0.252 e. The van der Waals surface area contributed by atoms with Gasteiger partial charge in [-0.15, -0.1) is 22.7 Å². The number of carbonyl (C=O) groups excluding carboxylic acids is 1. The molecule has 0 atom stereocenters. The Morgan fingerprint density at radius 1 is 0.958 bits per heavy atom. The average molecular weight is 354 g/mol. The summed E-state index contributed by atoms with van der Waals surface area (Å²) in [4.78, 5) is 14.7. The number of hydrogen-bond acceptors (Lipinski definition) is 3. The molecule has 0 fully saturated rings. The van der Waals surface area contributed by atoms with Crippen molar-refractivity contribution in [2.75, 3.05) is 6.54 Å². The van der Waals surface area contributed by atoms with Crippen LogP contribution >= 0.6 is 22.7 Å². The summed E-state index contributed by atoms with van der Waals surface area (Å²) in [5.41, 5.74) is 2.05. The van der Waals surface area contributed by atoms with Crippen molar-refractivity contribution in [3.05, 3.63) is 80.7 Å². The van der Waals surface area contributed by atoms with E-state index >= 15 is 0 Å². The lowest BCUT2D eigenvalue weighted by Gasteiger charge is -2.08. The second kappa shape index (κ2) is 8.62. The fraction of sp³-hybridized carbons (Fsp3) is 0.150. The van der Waals surface area contributed by atoms with E-state index in [4.69, 9.17) is 0 Å². The van der Waals surface area contributed by atoms with Gasteiger partial charge in [0.1, 0.15) is 0 Å². The van der Waals surface area contributed by atoms with Gasteiger partial charge in [0.15, 0.2) is 0 Å². The SMILES string of the molecule is O=C(NCCCc1ccccc1)/C(=C/c1cccs1)c1cccs1. The summed E-state index contributed by atoms with van der Waals surface area (Å²) < 4.78 is 0. The molecule has 0 aliphatic carbocycles. The summed E-state index contributed by atoms with van der Waals surface area (Å²) in [6.45, 7) is 0.681. The first-order chi connectivity index (χ1) is 11.8. The van der Waals surface area contributed by atoms with E-state index in [-0.39, 0.29) is 5.91 Å². The zero-order valence-corrected chi connectivity index (χ0v) is 14.9. The maximum Gasteiger partial charge on any atom is 0.252 e. The molecule has 1 amide bonds. The first kappa shape index (κ1) is 16.7. The first-order valence-corrected chi connectivity index (χ1v) is 9.70. The molecule has 24 heavy (non-hydrogen) atoms. The van der Waals surface area contributed by atoms with Crippen LogP contribution in [0, 0.1) is 0 Å². The van der Waals surface area contributed by atoms with Crippen molar-refractivity contribution in [1.29, 1.82) is 0 Å². The molecule has 0 bridgehead atoms. The van der Waals surface area contributed by atoms with Gasteiger partial charge < -0.3 is 5.32 Å². The molecule has 0 saturated carbocycles. The normalized spacial score (nSPS) is 11.4. The van der Waals surface area contributed by atoms with Crippen LogP contribution in [0.2, 0.25) is 0 Å². The number of benzene rings is 1. The molecule has 1 N–H and O–H groups in total. The van der Waals surface area contributed by atoms with Crippen molar-refractivity contribution in [2.24, 2.45) is 0 Å². The quantitative estimate of drug-likeness (QED) is 0.465. The highest BCUT2D eigenvalue weighted by atomic mass is 32.1. The van der Waals surface area contributed by atoms with Crippen LogP contribution in [-0.2, 0) is 11.2 Å². The molecule has 0 radical (unpaired) electrons. The van der Waals surface area contributed by atoms with E-state index in [1.807, 2.05) is 59.3 Å². The minimum atomic E-state index is -0.00101. The Morgan fingerprint density at radius 3 is 2.46 bits per heavy atom. The van der Waals surface area contributed by atoms with Gasteiger partial charge in [0.2, 0.25) is 0 Å². The van der Waals surface area contributed by atoms with Crippen LogP contribution < -0.4 is 5.32 Å². The van der Waals surface area contributed by atoms with Gasteiger partial charge in [0.05, 0.1) is 5.57 Å². The van der Waals surface area contributed by atoms with Crippen LogP contribution in [-0.4, -0.2) is 12.5 Å². The second-order valence-corrected chi connectivity index (χ2v) is 7.32. The third kappa shape index (κ3) is 4.66. The third-order valence-electron chi connectivity index (χ3n) is 3.63. The van der Waals surface area contributed by atoms with E-state index in [2.05, 4.69) is 17.4 Å². The summed E-state index contributed by atoms with van der Waals surface area (Å²) in [6, 6.07) is 18.4. The minimum absolute atomic E-state index is 0.00101. The van der Waals surface area contributed by atoms with E-state index < -0.39 is 0 Å². The average Bonchev–Trinajstić information content (AvgIpc) is 3.30. The summed E-state index contributed by atoms with van der Waals surface area (Å²) in [5.74, 6) is -0.00101. The standard InChI is InChI=1S/C20H19NOS2/c22-20(21-12-4-9-16-7-2-1-3-8-16)18(19-11-6-14-24-19)15-17-10-5-13-23-17/h1-3,5-8,10-11,13-15H,4,9,12H2,(H,21,22)/b18-15+. The number of carbonyl (C=O) groups is 1. The molecule has 2 aromatic heterocycles. The maximum atomic E-state index is 12.6. The highest BCUT2D eigenvalue weighted by Crippen LogP contribution is 2.24. The largest absolute Gasteiger partial charge is 0.352 e. The van der Waals surface area contributed by atoms with Crippen molar-refractivity contribution in [1.82, 2.24) is 5.32 Å².